The van der Waals surface area contributed by atoms with Gasteiger partial charge in [-0.15, -0.1) is 0 Å². The second-order valence-electron chi connectivity index (χ2n) is 4.92. The number of rotatable bonds is 4. The summed E-state index contributed by atoms with van der Waals surface area (Å²) in [4.78, 5) is 27.2. The van der Waals surface area contributed by atoms with Gasteiger partial charge in [-0.25, -0.2) is 0 Å². The summed E-state index contributed by atoms with van der Waals surface area (Å²) in [5.41, 5.74) is 1.88. The van der Waals surface area contributed by atoms with Gasteiger partial charge in [0.2, 0.25) is 5.91 Å². The van der Waals surface area contributed by atoms with Crippen molar-refractivity contribution in [1.82, 2.24) is 9.80 Å². The molecular formula is C15H18N2O3. The molecule has 0 aromatic heterocycles. The van der Waals surface area contributed by atoms with Gasteiger partial charge in [-0.1, -0.05) is 24.8 Å². The molecule has 0 spiro atoms. The monoisotopic (exact) mass is 274 g/mol. The van der Waals surface area contributed by atoms with Gasteiger partial charge in [0, 0.05) is 23.9 Å². The average molecular weight is 274 g/mol. The number of carbonyl (C=O) groups excluding carboxylic acids is 2. The Hall–Kier alpha value is -2.14. The molecule has 0 saturated carbocycles. The van der Waals surface area contributed by atoms with Crippen molar-refractivity contribution in [2.75, 3.05) is 20.2 Å². The van der Waals surface area contributed by atoms with Crippen LogP contribution in [-0.2, 0) is 4.79 Å². The third kappa shape index (κ3) is 2.32. The molecule has 20 heavy (non-hydrogen) atoms. The van der Waals surface area contributed by atoms with E-state index >= 15 is 0 Å². The van der Waals surface area contributed by atoms with Gasteiger partial charge in [0.1, 0.15) is 6.54 Å². The lowest BCUT2D eigenvalue weighted by Gasteiger charge is -2.26. The van der Waals surface area contributed by atoms with Gasteiger partial charge in [-0.05, 0) is 13.0 Å². The summed E-state index contributed by atoms with van der Waals surface area (Å²) in [6.45, 7) is 5.46. The molecule has 0 bridgehead atoms. The van der Waals surface area contributed by atoms with Crippen LogP contribution in [0.4, 0.5) is 0 Å². The van der Waals surface area contributed by atoms with E-state index in [0.29, 0.717) is 11.3 Å². The SMILES string of the molecule is C=C1c2ccccc2C(=O)N1CC(=O)N(C)C(C)CO. The van der Waals surface area contributed by atoms with Crippen molar-refractivity contribution in [3.8, 4) is 0 Å². The van der Waals surface area contributed by atoms with Crippen LogP contribution < -0.4 is 0 Å². The van der Waals surface area contributed by atoms with E-state index < -0.39 is 0 Å². The predicted molar refractivity (Wildman–Crippen MR) is 75.8 cm³/mol. The number of nitrogens with zero attached hydrogens (tertiary/aromatic N) is 2. The quantitative estimate of drug-likeness (QED) is 0.889. The van der Waals surface area contributed by atoms with Crippen LogP contribution in [0.2, 0.25) is 0 Å². The third-order valence-electron chi connectivity index (χ3n) is 3.65. The lowest BCUT2D eigenvalue weighted by atomic mass is 10.1. The van der Waals surface area contributed by atoms with Gasteiger partial charge >= 0.3 is 0 Å². The predicted octanol–water partition coefficient (Wildman–Crippen LogP) is 0.952. The van der Waals surface area contributed by atoms with Gasteiger partial charge in [0.05, 0.1) is 12.6 Å². The number of aliphatic hydroxyl groups is 1. The van der Waals surface area contributed by atoms with E-state index in [2.05, 4.69) is 6.58 Å². The van der Waals surface area contributed by atoms with Gasteiger partial charge in [0.25, 0.3) is 5.91 Å². The molecule has 1 unspecified atom stereocenters. The number of benzene rings is 1. The number of aliphatic hydroxyl groups excluding tert-OH is 1. The zero-order valence-electron chi connectivity index (χ0n) is 11.7. The smallest absolute Gasteiger partial charge is 0.259 e. The van der Waals surface area contributed by atoms with E-state index in [1.165, 1.54) is 9.80 Å². The highest BCUT2D eigenvalue weighted by atomic mass is 16.3. The van der Waals surface area contributed by atoms with E-state index in [1.54, 1.807) is 26.1 Å². The number of likely N-dealkylation sites (N-methyl/N-ethyl adjacent to an activating group) is 1. The molecule has 1 aliphatic rings. The average Bonchev–Trinajstić information content (AvgIpc) is 2.71. The Bertz CT molecular complexity index is 533. The number of fused-ring (bicyclic) bond motifs is 1. The van der Waals surface area contributed by atoms with Crippen LogP contribution in [0, 0.1) is 0 Å². The molecule has 1 aromatic rings. The Kier molecular flexibility index (Phi) is 3.90. The maximum absolute atomic E-state index is 12.2. The molecular weight excluding hydrogens is 256 g/mol. The highest BCUT2D eigenvalue weighted by molar-refractivity contribution is 6.10. The summed E-state index contributed by atoms with van der Waals surface area (Å²) in [5, 5.41) is 9.07. The van der Waals surface area contributed by atoms with Crippen LogP contribution in [0.5, 0.6) is 0 Å². The molecule has 0 radical (unpaired) electrons. The molecule has 2 amide bonds. The van der Waals surface area contributed by atoms with Crippen LogP contribution >= 0.6 is 0 Å². The third-order valence-corrected chi connectivity index (χ3v) is 3.65. The van der Waals surface area contributed by atoms with Crippen LogP contribution in [0.1, 0.15) is 22.8 Å². The Morgan fingerprint density at radius 2 is 2.00 bits per heavy atom. The fourth-order valence-electron chi connectivity index (χ4n) is 2.12. The number of hydrogen-bond acceptors (Lipinski definition) is 3. The highest BCUT2D eigenvalue weighted by Crippen LogP contribution is 2.30. The van der Waals surface area contributed by atoms with E-state index in [9.17, 15) is 9.59 Å². The van der Waals surface area contributed by atoms with Crippen molar-refractivity contribution in [3.05, 3.63) is 42.0 Å². The maximum atomic E-state index is 12.2. The van der Waals surface area contributed by atoms with Crippen LogP contribution in [-0.4, -0.2) is 53.0 Å². The lowest BCUT2D eigenvalue weighted by molar-refractivity contribution is -0.132. The van der Waals surface area contributed by atoms with E-state index in [1.807, 2.05) is 12.1 Å². The van der Waals surface area contributed by atoms with E-state index in [-0.39, 0.29) is 31.0 Å². The van der Waals surface area contributed by atoms with Gasteiger partial charge < -0.3 is 10.0 Å². The zero-order valence-corrected chi connectivity index (χ0v) is 11.7. The number of amides is 2. The summed E-state index contributed by atoms with van der Waals surface area (Å²) in [7, 11) is 1.61. The largest absolute Gasteiger partial charge is 0.394 e. The molecule has 0 aliphatic carbocycles. The van der Waals surface area contributed by atoms with Gasteiger partial charge in [0.15, 0.2) is 0 Å². The Morgan fingerprint density at radius 3 is 2.55 bits per heavy atom. The van der Waals surface area contributed by atoms with Crippen molar-refractivity contribution >= 4 is 17.5 Å². The minimum absolute atomic E-state index is 0.0623. The summed E-state index contributed by atoms with van der Waals surface area (Å²) in [6.07, 6.45) is 0. The number of hydrogen-bond donors (Lipinski definition) is 1. The molecule has 0 fully saturated rings. The molecule has 1 aliphatic heterocycles. The Balaban J connectivity index is 2.15. The molecule has 1 aromatic carbocycles. The lowest BCUT2D eigenvalue weighted by Crippen LogP contribution is -2.43. The van der Waals surface area contributed by atoms with Crippen LogP contribution in [0.15, 0.2) is 30.8 Å². The van der Waals surface area contributed by atoms with Gasteiger partial charge in [-0.2, -0.15) is 0 Å². The summed E-state index contributed by atoms with van der Waals surface area (Å²) in [6, 6.07) is 6.89. The first-order valence-electron chi connectivity index (χ1n) is 6.44. The molecule has 0 saturated heterocycles. The van der Waals surface area contributed by atoms with E-state index in [0.717, 1.165) is 5.56 Å². The van der Waals surface area contributed by atoms with Crippen LogP contribution in [0.3, 0.4) is 0 Å². The molecule has 1 N–H and O–H groups in total. The second kappa shape index (κ2) is 5.46. The molecule has 1 atom stereocenters. The summed E-state index contributed by atoms with van der Waals surface area (Å²) < 4.78 is 0. The van der Waals surface area contributed by atoms with Crippen molar-refractivity contribution in [2.45, 2.75) is 13.0 Å². The zero-order chi connectivity index (χ0) is 14.9. The first-order chi connectivity index (χ1) is 9.47. The minimum atomic E-state index is -0.282. The Morgan fingerprint density at radius 1 is 1.40 bits per heavy atom. The first kappa shape index (κ1) is 14.3. The minimum Gasteiger partial charge on any atom is -0.394 e. The highest BCUT2D eigenvalue weighted by Gasteiger charge is 2.32. The topological polar surface area (TPSA) is 60.9 Å². The standard InChI is InChI=1S/C15H18N2O3/c1-10(9-18)16(3)14(19)8-17-11(2)12-6-4-5-7-13(12)15(17)20/h4-7,10,18H,2,8-9H2,1,3H3. The molecule has 5 nitrogen and oxygen atoms in total. The molecule has 1 heterocycles. The Labute approximate surface area is 118 Å². The summed E-state index contributed by atoms with van der Waals surface area (Å²) >= 11 is 0. The van der Waals surface area contributed by atoms with Crippen molar-refractivity contribution in [3.63, 3.8) is 0 Å². The normalized spacial score (nSPS) is 15.2. The van der Waals surface area contributed by atoms with Crippen LogP contribution in [0.25, 0.3) is 5.70 Å². The van der Waals surface area contributed by atoms with Gasteiger partial charge in [-0.3, -0.25) is 14.5 Å². The first-order valence-corrected chi connectivity index (χ1v) is 6.44. The molecule has 2 rings (SSSR count). The maximum Gasteiger partial charge on any atom is 0.259 e. The van der Waals surface area contributed by atoms with Crippen molar-refractivity contribution in [2.24, 2.45) is 0 Å². The molecule has 5 heteroatoms. The molecule has 106 valence electrons. The van der Waals surface area contributed by atoms with Crippen molar-refractivity contribution in [1.29, 1.82) is 0 Å². The van der Waals surface area contributed by atoms with Crippen molar-refractivity contribution < 1.29 is 14.7 Å². The number of carbonyl (C=O) groups is 2. The fraction of sp³-hybridized carbons (Fsp3) is 0.333. The summed E-state index contributed by atoms with van der Waals surface area (Å²) in [5.74, 6) is -0.433. The fourth-order valence-corrected chi connectivity index (χ4v) is 2.12. The second-order valence-corrected chi connectivity index (χ2v) is 4.92. The van der Waals surface area contributed by atoms with E-state index in [4.69, 9.17) is 5.11 Å².